The summed E-state index contributed by atoms with van der Waals surface area (Å²) in [6, 6.07) is 38.5. The molecule has 49 heavy (non-hydrogen) atoms. The molecule has 0 saturated heterocycles. The Labute approximate surface area is 292 Å². The number of carbonyl (C=O) groups excluding carboxylic acids is 2. The summed E-state index contributed by atoms with van der Waals surface area (Å²) in [4.78, 5) is 28.4. The molecule has 8 heteroatoms. The third-order valence-electron chi connectivity index (χ3n) is 8.80. The number of hydrogen-bond donors (Lipinski definition) is 0. The van der Waals surface area contributed by atoms with E-state index >= 15 is 0 Å². The van der Waals surface area contributed by atoms with Gasteiger partial charge in [0.1, 0.15) is 24.9 Å². The fourth-order valence-electron chi connectivity index (χ4n) is 4.84. The molecule has 4 aromatic rings. The lowest BCUT2D eigenvalue weighted by Gasteiger charge is -2.37. The van der Waals surface area contributed by atoms with E-state index in [1.54, 1.807) is 0 Å². The van der Waals surface area contributed by atoms with Gasteiger partial charge in [-0.1, -0.05) is 142 Å². The highest BCUT2D eigenvalue weighted by molar-refractivity contribution is 6.74. The van der Waals surface area contributed by atoms with E-state index in [1.165, 1.54) is 0 Å². The number of ketones is 2. The Hall–Kier alpha value is -3.76. The fourth-order valence-corrected chi connectivity index (χ4v) is 5.77. The van der Waals surface area contributed by atoms with Crippen molar-refractivity contribution >= 4 is 19.9 Å². The van der Waals surface area contributed by atoms with E-state index in [4.69, 9.17) is 23.4 Å². The van der Waals surface area contributed by atoms with Crippen LogP contribution < -0.4 is 0 Å². The zero-order valence-electron chi connectivity index (χ0n) is 29.4. The van der Waals surface area contributed by atoms with Crippen LogP contribution >= 0.6 is 0 Å². The highest BCUT2D eigenvalue weighted by Gasteiger charge is 2.43. The van der Waals surface area contributed by atoms with Crippen LogP contribution in [0.25, 0.3) is 0 Å². The van der Waals surface area contributed by atoms with Crippen molar-refractivity contribution in [3.63, 3.8) is 0 Å². The molecule has 7 nitrogen and oxygen atoms in total. The van der Waals surface area contributed by atoms with Crippen molar-refractivity contribution in [2.24, 2.45) is 0 Å². The van der Waals surface area contributed by atoms with Crippen molar-refractivity contribution in [1.29, 1.82) is 0 Å². The molecule has 3 atom stereocenters. The minimum absolute atomic E-state index is 0.107. The van der Waals surface area contributed by atoms with Gasteiger partial charge in [-0.25, -0.2) is 0 Å². The van der Waals surface area contributed by atoms with E-state index < -0.39 is 26.6 Å². The van der Waals surface area contributed by atoms with Crippen LogP contribution in [0.4, 0.5) is 0 Å². The highest BCUT2D eigenvalue weighted by atomic mass is 28.4. The summed E-state index contributed by atoms with van der Waals surface area (Å²) in [5, 5.41) is -0.107. The monoisotopic (exact) mass is 682 g/mol. The summed E-state index contributed by atoms with van der Waals surface area (Å²) >= 11 is 0. The standard InChI is InChI=1S/C41H50O7Si/c1-41(2,3)49(4,5)48-31-37(43)39(46-28-34-22-14-8-15-23-34)40(47-29-35-24-16-9-17-25-35)38(45-27-33-20-12-7-13-21-33)36(42)30-44-26-32-18-10-6-11-19-32/h6-25,38-40H,26-31H2,1-5H3/t38-,39+,40+/m1/s1. The third-order valence-corrected chi connectivity index (χ3v) is 13.3. The summed E-state index contributed by atoms with van der Waals surface area (Å²) in [7, 11) is -2.30. The molecule has 0 amide bonds. The molecule has 0 saturated carbocycles. The molecule has 0 aliphatic heterocycles. The second-order valence-electron chi connectivity index (χ2n) is 13.7. The second kappa shape index (κ2) is 18.8. The Bertz CT molecular complexity index is 1540. The van der Waals surface area contributed by atoms with Crippen LogP contribution in [0.1, 0.15) is 43.0 Å². The van der Waals surface area contributed by atoms with Crippen LogP contribution in [0.5, 0.6) is 0 Å². The van der Waals surface area contributed by atoms with E-state index in [-0.39, 0.29) is 56.2 Å². The van der Waals surface area contributed by atoms with Gasteiger partial charge in [0, 0.05) is 0 Å². The predicted octanol–water partition coefficient (Wildman–Crippen LogP) is 8.12. The molecule has 0 spiro atoms. The van der Waals surface area contributed by atoms with Gasteiger partial charge in [-0.05, 0) is 40.4 Å². The smallest absolute Gasteiger partial charge is 0.192 e. The van der Waals surface area contributed by atoms with Gasteiger partial charge in [0.25, 0.3) is 0 Å². The molecule has 0 N–H and O–H groups in total. The first-order chi connectivity index (χ1) is 23.5. The largest absolute Gasteiger partial charge is 0.409 e. The van der Waals surface area contributed by atoms with Gasteiger partial charge in [-0.2, -0.15) is 0 Å². The number of rotatable bonds is 20. The molecule has 0 aliphatic rings. The minimum Gasteiger partial charge on any atom is -0.409 e. The quantitative estimate of drug-likeness (QED) is 0.0872. The van der Waals surface area contributed by atoms with Crippen LogP contribution in [-0.2, 0) is 59.4 Å². The number of carbonyl (C=O) groups is 2. The second-order valence-corrected chi connectivity index (χ2v) is 18.5. The van der Waals surface area contributed by atoms with Crippen LogP contribution in [0, 0.1) is 0 Å². The van der Waals surface area contributed by atoms with Crippen molar-refractivity contribution in [1.82, 2.24) is 0 Å². The van der Waals surface area contributed by atoms with Crippen molar-refractivity contribution < 1.29 is 33.0 Å². The van der Waals surface area contributed by atoms with Gasteiger partial charge in [0.2, 0.25) is 0 Å². The SMILES string of the molecule is CC(C)(C)[Si](C)(C)OCC(=O)[C@H](OCc1ccccc1)[C@@H](OCc1ccccc1)[C@H](OCc1ccccc1)C(=O)COCc1ccccc1. The first kappa shape index (κ1) is 38.0. The summed E-state index contributed by atoms with van der Waals surface area (Å²) in [6.45, 7) is 10.8. The molecule has 0 heterocycles. The number of benzene rings is 4. The Morgan fingerprint density at radius 1 is 0.531 bits per heavy atom. The molecule has 4 aromatic carbocycles. The van der Waals surface area contributed by atoms with Gasteiger partial charge in [0.05, 0.1) is 33.0 Å². The zero-order valence-corrected chi connectivity index (χ0v) is 30.4. The topological polar surface area (TPSA) is 80.3 Å². The number of hydrogen-bond acceptors (Lipinski definition) is 7. The average Bonchev–Trinajstić information content (AvgIpc) is 3.10. The molecule has 0 bridgehead atoms. The molecule has 0 aromatic heterocycles. The van der Waals surface area contributed by atoms with Gasteiger partial charge in [-0.15, -0.1) is 0 Å². The minimum atomic E-state index is -2.30. The highest BCUT2D eigenvalue weighted by Crippen LogP contribution is 2.36. The Kier molecular flexibility index (Phi) is 14.6. The van der Waals surface area contributed by atoms with Gasteiger partial charge in [-0.3, -0.25) is 9.59 Å². The van der Waals surface area contributed by atoms with Gasteiger partial charge < -0.3 is 23.4 Å². The first-order valence-corrected chi connectivity index (χ1v) is 19.7. The third kappa shape index (κ3) is 12.3. The molecule has 0 unspecified atom stereocenters. The summed E-state index contributed by atoms with van der Waals surface area (Å²) in [5.41, 5.74) is 3.58. The van der Waals surface area contributed by atoms with Crippen molar-refractivity contribution in [2.45, 2.75) is 83.6 Å². The van der Waals surface area contributed by atoms with Crippen LogP contribution in [0.3, 0.4) is 0 Å². The van der Waals surface area contributed by atoms with Crippen molar-refractivity contribution in [2.75, 3.05) is 13.2 Å². The fraction of sp³-hybridized carbons (Fsp3) is 0.366. The maximum absolute atomic E-state index is 14.3. The molecule has 260 valence electrons. The van der Waals surface area contributed by atoms with Crippen LogP contribution in [-0.4, -0.2) is 51.4 Å². The normalized spacial score (nSPS) is 13.8. The summed E-state index contributed by atoms with van der Waals surface area (Å²) < 4.78 is 31.7. The van der Waals surface area contributed by atoms with Crippen molar-refractivity contribution in [3.05, 3.63) is 144 Å². The Morgan fingerprint density at radius 2 is 0.878 bits per heavy atom. The van der Waals surface area contributed by atoms with E-state index in [0.717, 1.165) is 22.3 Å². The molecular weight excluding hydrogens is 633 g/mol. The zero-order chi connectivity index (χ0) is 35.1. The number of ether oxygens (including phenoxy) is 4. The summed E-state index contributed by atoms with van der Waals surface area (Å²) in [6.07, 6.45) is -3.46. The number of Topliss-reactive ketones (excluding diaryl/α,β-unsaturated/α-hetero) is 2. The Morgan fingerprint density at radius 3 is 1.27 bits per heavy atom. The summed E-state index contributed by atoms with van der Waals surface area (Å²) in [5.74, 6) is -0.665. The van der Waals surface area contributed by atoms with Gasteiger partial charge >= 0.3 is 0 Å². The van der Waals surface area contributed by atoms with E-state index in [1.807, 2.05) is 121 Å². The average molecular weight is 683 g/mol. The molecule has 0 radical (unpaired) electrons. The van der Waals surface area contributed by atoms with Crippen LogP contribution in [0.2, 0.25) is 18.1 Å². The maximum atomic E-state index is 14.3. The van der Waals surface area contributed by atoms with E-state index in [9.17, 15) is 9.59 Å². The molecule has 0 aliphatic carbocycles. The van der Waals surface area contributed by atoms with E-state index in [0.29, 0.717) is 0 Å². The first-order valence-electron chi connectivity index (χ1n) is 16.8. The van der Waals surface area contributed by atoms with Crippen molar-refractivity contribution in [3.8, 4) is 0 Å². The predicted molar refractivity (Wildman–Crippen MR) is 194 cm³/mol. The van der Waals surface area contributed by atoms with E-state index in [2.05, 4.69) is 33.9 Å². The molecule has 0 fully saturated rings. The lowest BCUT2D eigenvalue weighted by molar-refractivity contribution is -0.176. The van der Waals surface area contributed by atoms with Gasteiger partial charge in [0.15, 0.2) is 19.9 Å². The maximum Gasteiger partial charge on any atom is 0.192 e. The van der Waals surface area contributed by atoms with Crippen LogP contribution in [0.15, 0.2) is 121 Å². The lowest BCUT2D eigenvalue weighted by atomic mass is 10.00. The molecule has 4 rings (SSSR count). The molecular formula is C41H50O7Si. The lowest BCUT2D eigenvalue weighted by Crippen LogP contribution is -2.52. The Balaban J connectivity index is 1.67.